The Bertz CT molecular complexity index is 869. The molecule has 0 radical (unpaired) electrons. The van der Waals surface area contributed by atoms with E-state index in [9.17, 15) is 9.90 Å². The summed E-state index contributed by atoms with van der Waals surface area (Å²) >= 11 is 0. The van der Waals surface area contributed by atoms with Crippen LogP contribution in [0.1, 0.15) is 56.1 Å². The van der Waals surface area contributed by atoms with Crippen LogP contribution in [0.4, 0.5) is 0 Å². The molecule has 0 bridgehead atoms. The number of aromatic hydroxyl groups is 1. The van der Waals surface area contributed by atoms with E-state index in [1.165, 1.54) is 11.1 Å². The molecule has 3 aliphatic carbocycles. The third-order valence-corrected chi connectivity index (χ3v) is 7.63. The average Bonchev–Trinajstić information content (AvgIpc) is 2.96. The summed E-state index contributed by atoms with van der Waals surface area (Å²) in [5, 5.41) is 10.6. The standard InChI is InChI=1S/C24H26O2/c1-24-12-11-17-18(21(24)9-10-23(24)26)8-7-16-13-22(25)20(14-19(16)17)15-5-3-2-4-6-15/h2-6,13-14,17-18,21,25H,7-12H2,1H3/t17-,18+,21-,24-/m0/s1. The van der Waals surface area contributed by atoms with Crippen LogP contribution in [-0.2, 0) is 11.2 Å². The van der Waals surface area contributed by atoms with E-state index in [0.29, 0.717) is 29.3 Å². The first-order chi connectivity index (χ1) is 12.6. The zero-order valence-electron chi connectivity index (χ0n) is 15.4. The van der Waals surface area contributed by atoms with Gasteiger partial charge in [-0.2, -0.15) is 0 Å². The van der Waals surface area contributed by atoms with Crippen molar-refractivity contribution in [1.29, 1.82) is 0 Å². The zero-order valence-corrected chi connectivity index (χ0v) is 15.4. The van der Waals surface area contributed by atoms with Crippen molar-refractivity contribution in [3.8, 4) is 16.9 Å². The van der Waals surface area contributed by atoms with Gasteiger partial charge in [-0.05, 0) is 78.7 Å². The van der Waals surface area contributed by atoms with Gasteiger partial charge in [0, 0.05) is 17.4 Å². The lowest BCUT2D eigenvalue weighted by Crippen LogP contribution is -2.42. The molecule has 0 amide bonds. The number of carbonyl (C=O) groups excluding carboxylic acids is 1. The second kappa shape index (κ2) is 5.70. The van der Waals surface area contributed by atoms with Crippen molar-refractivity contribution in [2.24, 2.45) is 17.3 Å². The van der Waals surface area contributed by atoms with E-state index in [-0.39, 0.29) is 5.41 Å². The molecule has 0 spiro atoms. The number of ketones is 1. The Labute approximate surface area is 155 Å². The Morgan fingerprint density at radius 2 is 1.85 bits per heavy atom. The van der Waals surface area contributed by atoms with E-state index < -0.39 is 0 Å². The fraction of sp³-hybridized carbons (Fsp3) is 0.458. The van der Waals surface area contributed by atoms with Crippen molar-refractivity contribution in [3.05, 3.63) is 53.6 Å². The minimum absolute atomic E-state index is 0.0716. The molecule has 2 nitrogen and oxygen atoms in total. The first kappa shape index (κ1) is 16.1. The predicted octanol–water partition coefficient (Wildman–Crippen LogP) is 5.48. The summed E-state index contributed by atoms with van der Waals surface area (Å²) in [5.41, 5.74) is 4.70. The van der Waals surface area contributed by atoms with E-state index in [1.807, 2.05) is 24.3 Å². The lowest BCUT2D eigenvalue weighted by molar-refractivity contribution is -0.129. The highest BCUT2D eigenvalue weighted by atomic mass is 16.3. The van der Waals surface area contributed by atoms with Crippen LogP contribution >= 0.6 is 0 Å². The largest absolute Gasteiger partial charge is 0.507 e. The van der Waals surface area contributed by atoms with Crippen molar-refractivity contribution < 1.29 is 9.90 Å². The molecule has 3 aliphatic rings. The molecule has 134 valence electrons. The maximum Gasteiger partial charge on any atom is 0.139 e. The Hall–Kier alpha value is -2.09. The van der Waals surface area contributed by atoms with Crippen molar-refractivity contribution in [2.75, 3.05) is 0 Å². The fourth-order valence-corrected chi connectivity index (χ4v) is 6.23. The van der Waals surface area contributed by atoms with Crippen LogP contribution in [0.5, 0.6) is 5.75 Å². The summed E-state index contributed by atoms with van der Waals surface area (Å²) in [6, 6.07) is 14.4. The molecule has 2 fully saturated rings. The molecular formula is C24H26O2. The van der Waals surface area contributed by atoms with Gasteiger partial charge in [-0.1, -0.05) is 37.3 Å². The molecule has 5 rings (SSSR count). The Kier molecular flexibility index (Phi) is 3.53. The van der Waals surface area contributed by atoms with Crippen molar-refractivity contribution >= 4 is 5.78 Å². The summed E-state index contributed by atoms with van der Waals surface area (Å²) in [6.07, 6.45) is 6.18. The third-order valence-electron chi connectivity index (χ3n) is 7.63. The molecule has 4 atom stereocenters. The molecule has 0 saturated heterocycles. The van der Waals surface area contributed by atoms with Gasteiger partial charge in [0.15, 0.2) is 0 Å². The number of benzene rings is 2. The smallest absolute Gasteiger partial charge is 0.139 e. The van der Waals surface area contributed by atoms with Gasteiger partial charge in [0.05, 0.1) is 0 Å². The van der Waals surface area contributed by atoms with Crippen LogP contribution in [0.3, 0.4) is 0 Å². The number of fused-ring (bicyclic) bond motifs is 5. The van der Waals surface area contributed by atoms with E-state index in [1.54, 1.807) is 0 Å². The molecule has 0 aliphatic heterocycles. The van der Waals surface area contributed by atoms with Gasteiger partial charge in [-0.3, -0.25) is 4.79 Å². The number of hydrogen-bond donors (Lipinski definition) is 1. The monoisotopic (exact) mass is 346 g/mol. The number of rotatable bonds is 1. The van der Waals surface area contributed by atoms with Gasteiger partial charge in [0.1, 0.15) is 11.5 Å². The van der Waals surface area contributed by atoms with Crippen molar-refractivity contribution in [3.63, 3.8) is 0 Å². The fourth-order valence-electron chi connectivity index (χ4n) is 6.23. The summed E-state index contributed by atoms with van der Waals surface area (Å²) < 4.78 is 0. The molecule has 26 heavy (non-hydrogen) atoms. The molecule has 0 aromatic heterocycles. The van der Waals surface area contributed by atoms with E-state index in [0.717, 1.165) is 49.7 Å². The van der Waals surface area contributed by atoms with Gasteiger partial charge >= 0.3 is 0 Å². The quantitative estimate of drug-likeness (QED) is 0.742. The minimum Gasteiger partial charge on any atom is -0.507 e. The first-order valence-corrected chi connectivity index (χ1v) is 10.0. The van der Waals surface area contributed by atoms with E-state index in [2.05, 4.69) is 25.1 Å². The average molecular weight is 346 g/mol. The SMILES string of the molecule is C[C@]12CC[C@@H]3c4cc(-c5ccccc5)c(O)cc4CC[C@H]3[C@@H]1CCC2=O. The van der Waals surface area contributed by atoms with Crippen LogP contribution < -0.4 is 0 Å². The topological polar surface area (TPSA) is 37.3 Å². The number of hydrogen-bond acceptors (Lipinski definition) is 2. The van der Waals surface area contributed by atoms with Gasteiger partial charge in [0.25, 0.3) is 0 Å². The number of carbonyl (C=O) groups is 1. The number of aryl methyl sites for hydroxylation is 1. The van der Waals surface area contributed by atoms with E-state index >= 15 is 0 Å². The maximum atomic E-state index is 12.5. The summed E-state index contributed by atoms with van der Waals surface area (Å²) in [7, 11) is 0. The van der Waals surface area contributed by atoms with Crippen molar-refractivity contribution in [1.82, 2.24) is 0 Å². The molecule has 1 N–H and O–H groups in total. The summed E-state index contributed by atoms with van der Waals surface area (Å²) in [4.78, 5) is 12.5. The highest BCUT2D eigenvalue weighted by Gasteiger charge is 2.54. The number of Topliss-reactive ketones (excluding diaryl/α,β-unsaturated/α-hetero) is 1. The molecule has 0 heterocycles. The molecular weight excluding hydrogens is 320 g/mol. The lowest BCUT2D eigenvalue weighted by atomic mass is 9.55. The third kappa shape index (κ3) is 2.21. The zero-order chi connectivity index (χ0) is 17.9. The van der Waals surface area contributed by atoms with Gasteiger partial charge in [-0.15, -0.1) is 0 Å². The highest BCUT2D eigenvalue weighted by Crippen LogP contribution is 2.60. The van der Waals surface area contributed by atoms with E-state index in [4.69, 9.17) is 0 Å². The van der Waals surface area contributed by atoms with Gasteiger partial charge in [0.2, 0.25) is 0 Å². The van der Waals surface area contributed by atoms with Crippen LogP contribution in [-0.4, -0.2) is 10.9 Å². The van der Waals surface area contributed by atoms with Crippen LogP contribution in [0.2, 0.25) is 0 Å². The Morgan fingerprint density at radius 3 is 2.65 bits per heavy atom. The number of phenols is 1. The Morgan fingerprint density at radius 1 is 1.04 bits per heavy atom. The second-order valence-electron chi connectivity index (χ2n) is 8.77. The van der Waals surface area contributed by atoms with Crippen LogP contribution in [0.25, 0.3) is 11.1 Å². The lowest BCUT2D eigenvalue weighted by Gasteiger charge is -2.48. The Balaban J connectivity index is 1.57. The van der Waals surface area contributed by atoms with Gasteiger partial charge < -0.3 is 5.11 Å². The second-order valence-corrected chi connectivity index (χ2v) is 8.77. The molecule has 2 aromatic rings. The predicted molar refractivity (Wildman–Crippen MR) is 103 cm³/mol. The molecule has 2 heteroatoms. The molecule has 0 unspecified atom stereocenters. The molecule has 2 saturated carbocycles. The van der Waals surface area contributed by atoms with Gasteiger partial charge in [-0.25, -0.2) is 0 Å². The molecule has 2 aromatic carbocycles. The number of phenolic OH excluding ortho intramolecular Hbond substituents is 1. The van der Waals surface area contributed by atoms with Crippen LogP contribution in [0.15, 0.2) is 42.5 Å². The van der Waals surface area contributed by atoms with Crippen LogP contribution in [0, 0.1) is 17.3 Å². The summed E-state index contributed by atoms with van der Waals surface area (Å²) in [5.74, 6) is 2.62. The van der Waals surface area contributed by atoms with Crippen molar-refractivity contribution in [2.45, 2.75) is 51.4 Å². The first-order valence-electron chi connectivity index (χ1n) is 10.0. The maximum absolute atomic E-state index is 12.5. The highest BCUT2D eigenvalue weighted by molar-refractivity contribution is 5.87. The minimum atomic E-state index is -0.0716. The normalized spacial score (nSPS) is 32.7. The summed E-state index contributed by atoms with van der Waals surface area (Å²) in [6.45, 7) is 2.23.